The number of hydrogen-bond acceptors (Lipinski definition) is 5. The van der Waals surface area contributed by atoms with Crippen molar-refractivity contribution in [2.45, 2.75) is 18.0 Å². The van der Waals surface area contributed by atoms with Gasteiger partial charge in [-0.2, -0.15) is 0 Å². The highest BCUT2D eigenvalue weighted by Crippen LogP contribution is 2.25. The van der Waals surface area contributed by atoms with Gasteiger partial charge >= 0.3 is 0 Å². The van der Waals surface area contributed by atoms with E-state index in [4.69, 9.17) is 0 Å². The molecule has 104 valence electrons. The van der Waals surface area contributed by atoms with Crippen molar-refractivity contribution in [1.29, 1.82) is 0 Å². The lowest BCUT2D eigenvalue weighted by Gasteiger charge is -2.30. The van der Waals surface area contributed by atoms with E-state index in [0.29, 0.717) is 6.42 Å². The monoisotopic (exact) mass is 266 g/mol. The van der Waals surface area contributed by atoms with Gasteiger partial charge in [0.25, 0.3) is 0 Å². The van der Waals surface area contributed by atoms with Crippen LogP contribution in [-0.4, -0.2) is 52.6 Å². The van der Waals surface area contributed by atoms with Crippen LogP contribution < -0.4 is 10.6 Å². The average Bonchev–Trinajstić information content (AvgIpc) is 2.89. The van der Waals surface area contributed by atoms with Gasteiger partial charge in [-0.1, -0.05) is 18.2 Å². The van der Waals surface area contributed by atoms with Gasteiger partial charge in [0.1, 0.15) is 11.6 Å². The molecule has 1 aromatic rings. The van der Waals surface area contributed by atoms with Crippen molar-refractivity contribution >= 4 is 11.6 Å². The molecule has 0 radical (unpaired) electrons. The molecule has 1 atom stereocenters. The highest BCUT2D eigenvalue weighted by Gasteiger charge is 2.34. The van der Waals surface area contributed by atoms with E-state index in [1.807, 2.05) is 24.3 Å². The van der Waals surface area contributed by atoms with E-state index < -0.39 is 31.4 Å². The Morgan fingerprint density at radius 1 is 1.26 bits per heavy atom. The molecule has 5 N–H and O–H groups in total. The van der Waals surface area contributed by atoms with Crippen molar-refractivity contribution in [3.05, 3.63) is 29.8 Å². The lowest BCUT2D eigenvalue weighted by molar-refractivity contribution is -0.126. The van der Waals surface area contributed by atoms with Gasteiger partial charge in [-0.25, -0.2) is 0 Å². The molecule has 0 fully saturated rings. The summed E-state index contributed by atoms with van der Waals surface area (Å²) in [6.45, 7) is -1.57. The van der Waals surface area contributed by atoms with Crippen molar-refractivity contribution in [2.24, 2.45) is 0 Å². The number of hydrogen-bond donors (Lipinski definition) is 5. The minimum Gasteiger partial charge on any atom is -0.394 e. The molecule has 6 heteroatoms. The summed E-state index contributed by atoms with van der Waals surface area (Å²) in [6.07, 6.45) is 0.542. The molecule has 19 heavy (non-hydrogen) atoms. The Hall–Kier alpha value is -1.63. The summed E-state index contributed by atoms with van der Waals surface area (Å²) < 4.78 is 0. The van der Waals surface area contributed by atoms with Crippen LogP contribution in [0.15, 0.2) is 24.3 Å². The third kappa shape index (κ3) is 2.70. The van der Waals surface area contributed by atoms with Gasteiger partial charge in [0.05, 0.1) is 19.8 Å². The molecule has 6 nitrogen and oxygen atoms in total. The highest BCUT2D eigenvalue weighted by atomic mass is 16.3. The number of fused-ring (bicyclic) bond motifs is 1. The first kappa shape index (κ1) is 13.8. The Morgan fingerprint density at radius 3 is 2.47 bits per heavy atom. The molecule has 2 rings (SSSR count). The van der Waals surface area contributed by atoms with Gasteiger partial charge in [-0.15, -0.1) is 0 Å². The number of aliphatic hydroxyl groups excluding tert-OH is 3. The van der Waals surface area contributed by atoms with E-state index >= 15 is 0 Å². The van der Waals surface area contributed by atoms with Crippen molar-refractivity contribution in [1.82, 2.24) is 5.32 Å². The summed E-state index contributed by atoms with van der Waals surface area (Å²) in [4.78, 5) is 12.1. The Balaban J connectivity index is 2.03. The Morgan fingerprint density at radius 2 is 1.89 bits per heavy atom. The molecule has 0 spiro atoms. The summed E-state index contributed by atoms with van der Waals surface area (Å²) in [5.74, 6) is -0.353. The van der Waals surface area contributed by atoms with Crippen LogP contribution in [0.25, 0.3) is 0 Å². The maximum Gasteiger partial charge on any atom is 0.243 e. The van der Waals surface area contributed by atoms with Crippen LogP contribution in [0.2, 0.25) is 0 Å². The molecule has 0 saturated heterocycles. The SMILES string of the molecule is O=C(NC(CO)(CO)CO)[C@@H]1Cc2ccccc2N1. The van der Waals surface area contributed by atoms with Crippen LogP contribution in [0.3, 0.4) is 0 Å². The van der Waals surface area contributed by atoms with Gasteiger partial charge in [0, 0.05) is 12.1 Å². The molecule has 1 aliphatic rings. The maximum atomic E-state index is 12.1. The largest absolute Gasteiger partial charge is 0.394 e. The second kappa shape index (κ2) is 5.56. The van der Waals surface area contributed by atoms with Crippen molar-refractivity contribution in [3.63, 3.8) is 0 Å². The normalized spacial score (nSPS) is 17.7. The summed E-state index contributed by atoms with van der Waals surface area (Å²) >= 11 is 0. The van der Waals surface area contributed by atoms with E-state index in [2.05, 4.69) is 10.6 Å². The number of carbonyl (C=O) groups excluding carboxylic acids is 1. The Kier molecular flexibility index (Phi) is 4.04. The van der Waals surface area contributed by atoms with Gasteiger partial charge in [-0.3, -0.25) is 4.79 Å². The third-order valence-electron chi connectivity index (χ3n) is 3.38. The Labute approximate surface area is 111 Å². The molecule has 0 aromatic heterocycles. The zero-order chi connectivity index (χ0) is 13.9. The molecule has 1 amide bonds. The second-order valence-electron chi connectivity index (χ2n) is 4.80. The molecular formula is C13H18N2O4. The number of amides is 1. The minimum atomic E-state index is -1.38. The van der Waals surface area contributed by atoms with E-state index in [1.54, 1.807) is 0 Å². The quantitative estimate of drug-likeness (QED) is 0.463. The van der Waals surface area contributed by atoms with Crippen LogP contribution in [0.4, 0.5) is 5.69 Å². The fourth-order valence-corrected chi connectivity index (χ4v) is 2.07. The van der Waals surface area contributed by atoms with Crippen LogP contribution in [0.1, 0.15) is 5.56 Å². The van der Waals surface area contributed by atoms with Crippen LogP contribution >= 0.6 is 0 Å². The standard InChI is InChI=1S/C13H18N2O4/c16-6-13(7-17,8-18)15-12(19)11-5-9-3-1-2-4-10(9)14-11/h1-4,11,14,16-18H,5-8H2,(H,15,19)/t11-/m0/s1. The van der Waals surface area contributed by atoms with Gasteiger partial charge in [-0.05, 0) is 11.6 Å². The molecular weight excluding hydrogens is 248 g/mol. The summed E-state index contributed by atoms with van der Waals surface area (Å²) in [7, 11) is 0. The van der Waals surface area contributed by atoms with Gasteiger partial charge in [0.2, 0.25) is 5.91 Å². The summed E-state index contributed by atoms with van der Waals surface area (Å²) in [6, 6.07) is 7.15. The number of rotatable bonds is 5. The number of aliphatic hydroxyl groups is 3. The predicted octanol–water partition coefficient (Wildman–Crippen LogP) is -1.14. The zero-order valence-electron chi connectivity index (χ0n) is 10.5. The molecule has 0 saturated carbocycles. The van der Waals surface area contributed by atoms with E-state index in [1.165, 1.54) is 0 Å². The van der Waals surface area contributed by atoms with Crippen molar-refractivity contribution in [3.8, 4) is 0 Å². The summed E-state index contributed by atoms with van der Waals surface area (Å²) in [5, 5.41) is 33.1. The van der Waals surface area contributed by atoms with E-state index in [9.17, 15) is 20.1 Å². The van der Waals surface area contributed by atoms with E-state index in [-0.39, 0.29) is 5.91 Å². The molecule has 1 aromatic carbocycles. The first-order chi connectivity index (χ1) is 9.14. The van der Waals surface area contributed by atoms with Gasteiger partial charge < -0.3 is 26.0 Å². The molecule has 1 heterocycles. The molecule has 0 aliphatic carbocycles. The maximum absolute atomic E-state index is 12.1. The number of benzene rings is 1. The first-order valence-corrected chi connectivity index (χ1v) is 6.13. The second-order valence-corrected chi connectivity index (χ2v) is 4.80. The summed E-state index contributed by atoms with van der Waals surface area (Å²) in [5.41, 5.74) is 0.573. The lowest BCUT2D eigenvalue weighted by Crippen LogP contribution is -2.59. The number of carbonyl (C=O) groups is 1. The predicted molar refractivity (Wildman–Crippen MR) is 69.7 cm³/mol. The lowest BCUT2D eigenvalue weighted by atomic mass is 10.0. The number of nitrogens with one attached hydrogen (secondary N) is 2. The number of para-hydroxylation sites is 1. The van der Waals surface area contributed by atoms with Crippen LogP contribution in [-0.2, 0) is 11.2 Å². The fourth-order valence-electron chi connectivity index (χ4n) is 2.07. The molecule has 0 unspecified atom stereocenters. The highest BCUT2D eigenvalue weighted by molar-refractivity contribution is 5.88. The van der Waals surface area contributed by atoms with Crippen molar-refractivity contribution < 1.29 is 20.1 Å². The number of anilines is 1. The smallest absolute Gasteiger partial charge is 0.243 e. The van der Waals surface area contributed by atoms with Gasteiger partial charge in [0.15, 0.2) is 0 Å². The van der Waals surface area contributed by atoms with Crippen LogP contribution in [0.5, 0.6) is 0 Å². The molecule has 0 bridgehead atoms. The van der Waals surface area contributed by atoms with E-state index in [0.717, 1.165) is 11.3 Å². The Bertz CT molecular complexity index is 426. The van der Waals surface area contributed by atoms with Crippen LogP contribution in [0, 0.1) is 0 Å². The molecule has 1 aliphatic heterocycles. The topological polar surface area (TPSA) is 102 Å². The fraction of sp³-hybridized carbons (Fsp3) is 0.462. The third-order valence-corrected chi connectivity index (χ3v) is 3.38. The van der Waals surface area contributed by atoms with Crippen molar-refractivity contribution in [2.75, 3.05) is 25.1 Å². The minimum absolute atomic E-state index is 0.353. The first-order valence-electron chi connectivity index (χ1n) is 6.13. The zero-order valence-corrected chi connectivity index (χ0v) is 10.5. The average molecular weight is 266 g/mol.